The van der Waals surface area contributed by atoms with Gasteiger partial charge in [0.1, 0.15) is 0 Å². The standard InChI is InChI=1S/C22H26N2O6/c1-13(2)16-7-6-8-17(14(3)4)21(16)23-20(25)12-30-22(26)15-9-10-19(29-5)18(11-15)24(27)28/h6-11,13-14H,12H2,1-5H3,(H,23,25). The lowest BCUT2D eigenvalue weighted by Gasteiger charge is -2.20. The number of para-hydroxylation sites is 1. The molecule has 1 amide bonds. The first-order valence-electron chi connectivity index (χ1n) is 9.57. The summed E-state index contributed by atoms with van der Waals surface area (Å²) in [6.45, 7) is 7.62. The van der Waals surface area contributed by atoms with Crippen molar-refractivity contribution in [1.82, 2.24) is 0 Å². The molecule has 0 spiro atoms. The number of carbonyl (C=O) groups is 2. The van der Waals surface area contributed by atoms with E-state index in [0.717, 1.165) is 22.9 Å². The zero-order valence-corrected chi connectivity index (χ0v) is 17.7. The number of methoxy groups -OCH3 is 1. The molecule has 1 N–H and O–H groups in total. The number of rotatable bonds is 8. The van der Waals surface area contributed by atoms with Crippen LogP contribution < -0.4 is 10.1 Å². The van der Waals surface area contributed by atoms with E-state index in [1.165, 1.54) is 19.2 Å². The van der Waals surface area contributed by atoms with E-state index in [9.17, 15) is 19.7 Å². The summed E-state index contributed by atoms with van der Waals surface area (Å²) in [5.74, 6) is -0.901. The van der Waals surface area contributed by atoms with Gasteiger partial charge < -0.3 is 14.8 Å². The maximum absolute atomic E-state index is 12.5. The summed E-state index contributed by atoms with van der Waals surface area (Å²) >= 11 is 0. The van der Waals surface area contributed by atoms with E-state index < -0.39 is 23.4 Å². The van der Waals surface area contributed by atoms with Gasteiger partial charge in [0.25, 0.3) is 5.91 Å². The van der Waals surface area contributed by atoms with E-state index in [0.29, 0.717) is 0 Å². The molecule has 0 heterocycles. The molecule has 8 nitrogen and oxygen atoms in total. The Balaban J connectivity index is 2.13. The highest BCUT2D eigenvalue weighted by Gasteiger charge is 2.20. The smallest absolute Gasteiger partial charge is 0.338 e. The molecule has 0 bridgehead atoms. The van der Waals surface area contributed by atoms with Crippen molar-refractivity contribution in [3.05, 3.63) is 63.2 Å². The Kier molecular flexibility index (Phi) is 7.52. The third-order valence-electron chi connectivity index (χ3n) is 4.58. The predicted molar refractivity (Wildman–Crippen MR) is 113 cm³/mol. The lowest BCUT2D eigenvalue weighted by atomic mass is 9.92. The molecule has 0 aromatic heterocycles. The zero-order valence-electron chi connectivity index (χ0n) is 17.7. The van der Waals surface area contributed by atoms with Crippen LogP contribution in [0.2, 0.25) is 0 Å². The maximum Gasteiger partial charge on any atom is 0.338 e. The highest BCUT2D eigenvalue weighted by molar-refractivity contribution is 5.97. The molecule has 160 valence electrons. The highest BCUT2D eigenvalue weighted by Crippen LogP contribution is 2.32. The van der Waals surface area contributed by atoms with Crippen molar-refractivity contribution in [2.45, 2.75) is 39.5 Å². The minimum Gasteiger partial charge on any atom is -0.490 e. The number of esters is 1. The molecule has 0 fully saturated rings. The first-order chi connectivity index (χ1) is 14.1. The number of hydrogen-bond acceptors (Lipinski definition) is 6. The molecule has 0 saturated carbocycles. The number of nitro benzene ring substituents is 1. The summed E-state index contributed by atoms with van der Waals surface area (Å²) in [6.07, 6.45) is 0. The maximum atomic E-state index is 12.5. The van der Waals surface area contributed by atoms with Gasteiger partial charge in [-0.1, -0.05) is 45.9 Å². The van der Waals surface area contributed by atoms with Gasteiger partial charge in [-0.05, 0) is 35.1 Å². The summed E-state index contributed by atoms with van der Waals surface area (Å²) in [4.78, 5) is 35.2. The molecule has 2 aromatic rings. The summed E-state index contributed by atoms with van der Waals surface area (Å²) in [7, 11) is 1.30. The van der Waals surface area contributed by atoms with Gasteiger partial charge in [0.2, 0.25) is 0 Å². The molecule has 0 aliphatic carbocycles. The van der Waals surface area contributed by atoms with E-state index in [4.69, 9.17) is 9.47 Å². The number of nitro groups is 1. The second-order valence-corrected chi connectivity index (χ2v) is 7.39. The molecular formula is C22H26N2O6. The third-order valence-corrected chi connectivity index (χ3v) is 4.58. The topological polar surface area (TPSA) is 108 Å². The molecule has 0 aliphatic heterocycles. The van der Waals surface area contributed by atoms with Crippen molar-refractivity contribution in [1.29, 1.82) is 0 Å². The molecule has 0 aliphatic rings. The summed E-state index contributed by atoms with van der Waals surface area (Å²) in [6, 6.07) is 9.57. The van der Waals surface area contributed by atoms with Gasteiger partial charge in [0.05, 0.1) is 17.6 Å². The van der Waals surface area contributed by atoms with Crippen LogP contribution in [0.15, 0.2) is 36.4 Å². The van der Waals surface area contributed by atoms with Crippen LogP contribution in [-0.4, -0.2) is 30.5 Å². The van der Waals surface area contributed by atoms with Gasteiger partial charge in [0.15, 0.2) is 12.4 Å². The first kappa shape index (κ1) is 22.9. The molecule has 30 heavy (non-hydrogen) atoms. The Hall–Kier alpha value is -3.42. The van der Waals surface area contributed by atoms with Crippen LogP contribution in [0, 0.1) is 10.1 Å². The van der Waals surface area contributed by atoms with E-state index in [-0.39, 0.29) is 28.8 Å². The van der Waals surface area contributed by atoms with Crippen LogP contribution in [0.3, 0.4) is 0 Å². The first-order valence-corrected chi connectivity index (χ1v) is 9.57. The fraction of sp³-hybridized carbons (Fsp3) is 0.364. The molecule has 0 saturated heterocycles. The van der Waals surface area contributed by atoms with Gasteiger partial charge in [-0.3, -0.25) is 14.9 Å². The van der Waals surface area contributed by atoms with Crippen LogP contribution in [0.1, 0.15) is 61.0 Å². The van der Waals surface area contributed by atoms with Crippen LogP contribution in [0.5, 0.6) is 5.75 Å². The molecule has 0 unspecified atom stereocenters. The second kappa shape index (κ2) is 9.87. The largest absolute Gasteiger partial charge is 0.490 e. The SMILES string of the molecule is COc1ccc(C(=O)OCC(=O)Nc2c(C(C)C)cccc2C(C)C)cc1[N+](=O)[O-]. The summed E-state index contributed by atoms with van der Waals surface area (Å²) < 4.78 is 9.97. The fourth-order valence-corrected chi connectivity index (χ4v) is 3.04. The normalized spacial score (nSPS) is 10.8. The van der Waals surface area contributed by atoms with E-state index in [1.807, 2.05) is 45.9 Å². The number of amides is 1. The number of carbonyl (C=O) groups excluding carboxylic acids is 2. The van der Waals surface area contributed by atoms with Crippen LogP contribution in [-0.2, 0) is 9.53 Å². The van der Waals surface area contributed by atoms with Crippen molar-refractivity contribution in [3.63, 3.8) is 0 Å². The quantitative estimate of drug-likeness (QED) is 0.383. The Labute approximate surface area is 175 Å². The van der Waals surface area contributed by atoms with Gasteiger partial charge in [0, 0.05) is 11.8 Å². The third kappa shape index (κ3) is 5.34. The van der Waals surface area contributed by atoms with Gasteiger partial charge in [-0.25, -0.2) is 4.79 Å². The molecule has 2 aromatic carbocycles. The average Bonchev–Trinajstić information content (AvgIpc) is 2.71. The number of hydrogen-bond donors (Lipinski definition) is 1. The zero-order chi connectivity index (χ0) is 22.4. The van der Waals surface area contributed by atoms with Gasteiger partial charge in [-0.2, -0.15) is 0 Å². The molecule has 0 radical (unpaired) electrons. The van der Waals surface area contributed by atoms with E-state index in [2.05, 4.69) is 5.32 Å². The van der Waals surface area contributed by atoms with Crippen molar-refractivity contribution < 1.29 is 24.0 Å². The molecular weight excluding hydrogens is 388 g/mol. The summed E-state index contributed by atoms with van der Waals surface area (Å²) in [5, 5.41) is 14.0. The van der Waals surface area contributed by atoms with Gasteiger partial charge in [-0.15, -0.1) is 0 Å². The molecule has 8 heteroatoms. The number of benzene rings is 2. The lowest BCUT2D eigenvalue weighted by molar-refractivity contribution is -0.385. The van der Waals surface area contributed by atoms with Crippen LogP contribution in [0.25, 0.3) is 0 Å². The van der Waals surface area contributed by atoms with Crippen LogP contribution in [0.4, 0.5) is 11.4 Å². The number of ether oxygens (including phenoxy) is 2. The Bertz CT molecular complexity index is 926. The van der Waals surface area contributed by atoms with Crippen molar-refractivity contribution in [2.24, 2.45) is 0 Å². The molecule has 0 atom stereocenters. The van der Waals surface area contributed by atoms with E-state index in [1.54, 1.807) is 0 Å². The minimum atomic E-state index is -0.836. The number of nitrogens with one attached hydrogen (secondary N) is 1. The fourth-order valence-electron chi connectivity index (χ4n) is 3.04. The Morgan fingerprint density at radius 1 is 1.07 bits per heavy atom. The number of nitrogens with zero attached hydrogens (tertiary/aromatic N) is 1. The average molecular weight is 414 g/mol. The van der Waals surface area contributed by atoms with Crippen LogP contribution >= 0.6 is 0 Å². The summed E-state index contributed by atoms with van der Waals surface area (Å²) in [5.41, 5.74) is 2.31. The van der Waals surface area contributed by atoms with E-state index >= 15 is 0 Å². The monoisotopic (exact) mass is 414 g/mol. The van der Waals surface area contributed by atoms with Gasteiger partial charge >= 0.3 is 11.7 Å². The van der Waals surface area contributed by atoms with Crippen molar-refractivity contribution in [2.75, 3.05) is 19.0 Å². The Morgan fingerprint density at radius 2 is 1.67 bits per heavy atom. The lowest BCUT2D eigenvalue weighted by Crippen LogP contribution is -2.22. The predicted octanol–water partition coefficient (Wildman–Crippen LogP) is 4.65. The second-order valence-electron chi connectivity index (χ2n) is 7.39. The van der Waals surface area contributed by atoms with Crippen molar-refractivity contribution >= 4 is 23.3 Å². The number of anilines is 1. The Morgan fingerprint density at radius 3 is 2.17 bits per heavy atom. The molecule has 2 rings (SSSR count). The minimum absolute atomic E-state index is 0.0285. The van der Waals surface area contributed by atoms with Crippen molar-refractivity contribution in [3.8, 4) is 5.75 Å². The highest BCUT2D eigenvalue weighted by atomic mass is 16.6.